The Morgan fingerprint density at radius 3 is 2.53 bits per heavy atom. The van der Waals surface area contributed by atoms with Gasteiger partial charge >= 0.3 is 0 Å². The molecule has 4 nitrogen and oxygen atoms in total. The lowest BCUT2D eigenvalue weighted by Crippen LogP contribution is -2.14. The Kier molecular flexibility index (Phi) is 4.12. The molecule has 0 aliphatic carbocycles. The number of ether oxygens (including phenoxy) is 2. The predicted octanol–water partition coefficient (Wildman–Crippen LogP) is 2.13. The summed E-state index contributed by atoms with van der Waals surface area (Å²) >= 11 is 0. The van der Waals surface area contributed by atoms with Crippen LogP contribution < -0.4 is 15.2 Å². The molecule has 1 unspecified atom stereocenters. The number of benzene rings is 1. The van der Waals surface area contributed by atoms with Gasteiger partial charge in [-0.2, -0.15) is 0 Å². The molecule has 1 heterocycles. The number of hydrogen-bond donors (Lipinski definition) is 1. The molecule has 1 aromatic carbocycles. The summed E-state index contributed by atoms with van der Waals surface area (Å²) in [5.41, 5.74) is 8.18. The first-order valence-electron chi connectivity index (χ1n) is 6.23. The van der Waals surface area contributed by atoms with Gasteiger partial charge in [0.2, 0.25) is 0 Å². The zero-order valence-corrected chi connectivity index (χ0v) is 11.6. The minimum atomic E-state index is 0.103. The zero-order chi connectivity index (χ0) is 13.8. The van der Waals surface area contributed by atoms with E-state index < -0.39 is 0 Å². The Bertz CT molecular complexity index is 549. The largest absolute Gasteiger partial charge is 0.497 e. The van der Waals surface area contributed by atoms with Crippen molar-refractivity contribution in [3.8, 4) is 11.5 Å². The van der Waals surface area contributed by atoms with Crippen LogP contribution in [0.2, 0.25) is 0 Å². The van der Waals surface area contributed by atoms with Crippen LogP contribution in [0.25, 0.3) is 0 Å². The molecule has 2 N–H and O–H groups in total. The highest BCUT2D eigenvalue weighted by Crippen LogP contribution is 2.34. The van der Waals surface area contributed by atoms with Crippen LogP contribution in [0.3, 0.4) is 0 Å². The fourth-order valence-corrected chi connectivity index (χ4v) is 2.29. The summed E-state index contributed by atoms with van der Waals surface area (Å²) in [6.07, 6.45) is 4.10. The van der Waals surface area contributed by atoms with E-state index in [-0.39, 0.29) is 5.92 Å². The third-order valence-corrected chi connectivity index (χ3v) is 3.31. The van der Waals surface area contributed by atoms with Gasteiger partial charge in [0.1, 0.15) is 11.5 Å². The van der Waals surface area contributed by atoms with Crippen molar-refractivity contribution in [2.75, 3.05) is 20.8 Å². The number of nitrogens with two attached hydrogens (primary N) is 1. The van der Waals surface area contributed by atoms with Crippen LogP contribution in [0.15, 0.2) is 36.7 Å². The molecule has 2 aromatic rings. The molecule has 0 bridgehead atoms. The van der Waals surface area contributed by atoms with E-state index in [2.05, 4.69) is 12.3 Å². The summed E-state index contributed by atoms with van der Waals surface area (Å²) in [5.74, 6) is 1.75. The first-order chi connectivity index (χ1) is 9.19. The van der Waals surface area contributed by atoms with Crippen molar-refractivity contribution in [1.29, 1.82) is 0 Å². The summed E-state index contributed by atoms with van der Waals surface area (Å²) in [6.45, 7) is 0.521. The van der Waals surface area contributed by atoms with Crippen molar-refractivity contribution in [2.24, 2.45) is 12.8 Å². The van der Waals surface area contributed by atoms with Gasteiger partial charge in [0.15, 0.2) is 0 Å². The second-order valence-corrected chi connectivity index (χ2v) is 4.51. The van der Waals surface area contributed by atoms with Gasteiger partial charge in [0, 0.05) is 37.5 Å². The molecule has 1 atom stereocenters. The van der Waals surface area contributed by atoms with Gasteiger partial charge in [-0.05, 0) is 29.8 Å². The Labute approximate surface area is 113 Å². The molecule has 4 heteroatoms. The van der Waals surface area contributed by atoms with E-state index in [9.17, 15) is 0 Å². The fourth-order valence-electron chi connectivity index (χ4n) is 2.29. The minimum Gasteiger partial charge on any atom is -0.497 e. The summed E-state index contributed by atoms with van der Waals surface area (Å²) in [6, 6.07) is 7.88. The number of methoxy groups -OCH3 is 2. The molecule has 19 heavy (non-hydrogen) atoms. The van der Waals surface area contributed by atoms with E-state index in [1.54, 1.807) is 14.2 Å². The molecule has 0 amide bonds. The van der Waals surface area contributed by atoms with Crippen LogP contribution >= 0.6 is 0 Å². The highest BCUT2D eigenvalue weighted by Gasteiger charge is 2.18. The molecule has 0 spiro atoms. The lowest BCUT2D eigenvalue weighted by atomic mass is 9.92. The molecule has 0 aliphatic heterocycles. The van der Waals surface area contributed by atoms with Gasteiger partial charge in [-0.1, -0.05) is 0 Å². The SMILES string of the molecule is COc1ccc(OC)c(C(CN)c2ccn(C)c2)c1. The van der Waals surface area contributed by atoms with Gasteiger partial charge in [-0.25, -0.2) is 0 Å². The minimum absolute atomic E-state index is 0.103. The topological polar surface area (TPSA) is 49.4 Å². The van der Waals surface area contributed by atoms with E-state index in [0.717, 1.165) is 17.1 Å². The van der Waals surface area contributed by atoms with Crippen molar-refractivity contribution >= 4 is 0 Å². The van der Waals surface area contributed by atoms with E-state index in [4.69, 9.17) is 15.2 Å². The molecule has 1 aromatic heterocycles. The first-order valence-corrected chi connectivity index (χ1v) is 6.23. The van der Waals surface area contributed by atoms with Crippen LogP contribution in [0.5, 0.6) is 11.5 Å². The number of hydrogen-bond acceptors (Lipinski definition) is 3. The molecule has 0 saturated heterocycles. The van der Waals surface area contributed by atoms with Crippen molar-refractivity contribution < 1.29 is 9.47 Å². The van der Waals surface area contributed by atoms with Crippen LogP contribution in [-0.2, 0) is 7.05 Å². The molecule has 0 saturated carbocycles. The van der Waals surface area contributed by atoms with Gasteiger partial charge in [0.25, 0.3) is 0 Å². The second kappa shape index (κ2) is 5.80. The Balaban J connectivity index is 2.47. The molecule has 102 valence electrons. The van der Waals surface area contributed by atoms with Crippen LogP contribution in [-0.4, -0.2) is 25.3 Å². The van der Waals surface area contributed by atoms with Crippen molar-refractivity contribution in [3.05, 3.63) is 47.8 Å². The highest BCUT2D eigenvalue weighted by atomic mass is 16.5. The molecule has 0 radical (unpaired) electrons. The molecule has 0 aliphatic rings. The van der Waals surface area contributed by atoms with Crippen molar-refractivity contribution in [2.45, 2.75) is 5.92 Å². The van der Waals surface area contributed by atoms with Gasteiger partial charge in [0.05, 0.1) is 14.2 Å². The second-order valence-electron chi connectivity index (χ2n) is 4.51. The van der Waals surface area contributed by atoms with Gasteiger partial charge in [-0.3, -0.25) is 0 Å². The first kappa shape index (κ1) is 13.5. The third kappa shape index (κ3) is 2.74. The van der Waals surface area contributed by atoms with E-state index in [0.29, 0.717) is 6.54 Å². The van der Waals surface area contributed by atoms with E-state index in [1.165, 1.54) is 5.56 Å². The van der Waals surface area contributed by atoms with E-state index in [1.807, 2.05) is 36.0 Å². The smallest absolute Gasteiger partial charge is 0.122 e. The maximum Gasteiger partial charge on any atom is 0.122 e. The zero-order valence-electron chi connectivity index (χ0n) is 11.6. The van der Waals surface area contributed by atoms with Crippen LogP contribution in [0, 0.1) is 0 Å². The number of rotatable bonds is 5. The summed E-state index contributed by atoms with van der Waals surface area (Å²) < 4.78 is 12.7. The standard InChI is InChI=1S/C15H20N2O2/c1-17-7-6-11(10-17)14(9-16)13-8-12(18-2)4-5-15(13)19-3/h4-8,10,14H,9,16H2,1-3H3. The summed E-state index contributed by atoms with van der Waals surface area (Å²) in [7, 11) is 5.33. The lowest BCUT2D eigenvalue weighted by Gasteiger charge is -2.18. The van der Waals surface area contributed by atoms with E-state index >= 15 is 0 Å². The summed E-state index contributed by atoms with van der Waals surface area (Å²) in [5, 5.41) is 0. The maximum atomic E-state index is 5.96. The monoisotopic (exact) mass is 260 g/mol. The normalized spacial score (nSPS) is 12.2. The molecular weight excluding hydrogens is 240 g/mol. The predicted molar refractivity (Wildman–Crippen MR) is 75.9 cm³/mol. The van der Waals surface area contributed by atoms with Crippen molar-refractivity contribution in [3.63, 3.8) is 0 Å². The Hall–Kier alpha value is -1.94. The maximum absolute atomic E-state index is 5.96. The Morgan fingerprint density at radius 2 is 2.00 bits per heavy atom. The molecule has 2 rings (SSSR count). The van der Waals surface area contributed by atoms with Gasteiger partial charge in [-0.15, -0.1) is 0 Å². The number of aryl methyl sites for hydroxylation is 1. The third-order valence-electron chi connectivity index (χ3n) is 3.31. The molecule has 0 fully saturated rings. The van der Waals surface area contributed by atoms with Gasteiger partial charge < -0.3 is 19.8 Å². The van der Waals surface area contributed by atoms with Crippen molar-refractivity contribution in [1.82, 2.24) is 4.57 Å². The highest BCUT2D eigenvalue weighted by molar-refractivity contribution is 5.46. The average Bonchev–Trinajstić information content (AvgIpc) is 2.86. The van der Waals surface area contributed by atoms with Crippen LogP contribution in [0.1, 0.15) is 17.0 Å². The quantitative estimate of drug-likeness (QED) is 0.896. The Morgan fingerprint density at radius 1 is 1.21 bits per heavy atom. The van der Waals surface area contributed by atoms with Crippen LogP contribution in [0.4, 0.5) is 0 Å². The fraction of sp³-hybridized carbons (Fsp3) is 0.333. The number of aromatic nitrogens is 1. The molecular formula is C15H20N2O2. The lowest BCUT2D eigenvalue weighted by molar-refractivity contribution is 0.397. The summed E-state index contributed by atoms with van der Waals surface area (Å²) in [4.78, 5) is 0. The average molecular weight is 260 g/mol. The number of nitrogens with zero attached hydrogens (tertiary/aromatic N) is 1.